The molecule has 1 amide bonds. The Kier molecular flexibility index (Phi) is 5.42. The number of hydrogen-bond donors (Lipinski definition) is 1. The first-order valence-corrected chi connectivity index (χ1v) is 6.93. The van der Waals surface area contributed by atoms with Gasteiger partial charge in [-0.05, 0) is 42.2 Å². The number of ether oxygens (including phenoxy) is 1. The van der Waals surface area contributed by atoms with Gasteiger partial charge in [-0.25, -0.2) is 4.68 Å². The normalized spacial score (nSPS) is 10.7. The van der Waals surface area contributed by atoms with E-state index in [1.807, 2.05) is 38.4 Å². The predicted octanol–water partition coefficient (Wildman–Crippen LogP) is 0.679. The molecule has 8 heteroatoms. The topological polar surface area (TPSA) is 85.2 Å². The minimum atomic E-state index is -0.192. The first-order valence-electron chi connectivity index (χ1n) is 6.93. The third kappa shape index (κ3) is 4.81. The number of rotatable bonds is 7. The molecule has 1 aromatic carbocycles. The predicted molar refractivity (Wildman–Crippen MR) is 81.4 cm³/mol. The van der Waals surface area contributed by atoms with Crippen LogP contribution < -0.4 is 10.1 Å². The van der Waals surface area contributed by atoms with E-state index in [0.29, 0.717) is 12.6 Å². The van der Waals surface area contributed by atoms with Gasteiger partial charge in [0.25, 0.3) is 0 Å². The van der Waals surface area contributed by atoms with Gasteiger partial charge in [-0.1, -0.05) is 17.2 Å². The average molecular weight is 304 g/mol. The molecule has 1 aromatic heterocycles. The highest BCUT2D eigenvalue weighted by Crippen LogP contribution is 2.14. The van der Waals surface area contributed by atoms with E-state index in [1.165, 1.54) is 4.68 Å². The van der Waals surface area contributed by atoms with Crippen molar-refractivity contribution in [1.29, 1.82) is 0 Å². The van der Waals surface area contributed by atoms with Crippen molar-refractivity contribution < 1.29 is 9.53 Å². The maximum atomic E-state index is 11.8. The molecule has 118 valence electrons. The van der Waals surface area contributed by atoms with E-state index in [2.05, 4.69) is 25.7 Å². The molecule has 2 aromatic rings. The zero-order valence-electron chi connectivity index (χ0n) is 13.0. The highest BCUT2D eigenvalue weighted by molar-refractivity contribution is 5.88. The molecule has 0 bridgehead atoms. The molecule has 0 atom stereocenters. The lowest BCUT2D eigenvalue weighted by Crippen LogP contribution is -2.17. The molecule has 1 N–H and O–H groups in total. The van der Waals surface area contributed by atoms with Crippen LogP contribution in [0, 0.1) is 0 Å². The summed E-state index contributed by atoms with van der Waals surface area (Å²) in [5.41, 5.74) is 1.16. The molecule has 8 nitrogen and oxygen atoms in total. The number of aromatic nitrogens is 4. The molecule has 0 unspecified atom stereocenters. The van der Waals surface area contributed by atoms with Gasteiger partial charge in [0.05, 0.1) is 13.0 Å². The zero-order chi connectivity index (χ0) is 15.9. The van der Waals surface area contributed by atoms with Crippen LogP contribution in [-0.4, -0.2) is 51.7 Å². The highest BCUT2D eigenvalue weighted by Gasteiger charge is 2.08. The largest absolute Gasteiger partial charge is 0.493 e. The Balaban J connectivity index is 1.78. The fourth-order valence-corrected chi connectivity index (χ4v) is 1.88. The van der Waals surface area contributed by atoms with Gasteiger partial charge in [0, 0.05) is 13.6 Å². The van der Waals surface area contributed by atoms with Crippen molar-refractivity contribution in [2.75, 3.05) is 26.0 Å². The van der Waals surface area contributed by atoms with Crippen LogP contribution in [0.3, 0.4) is 0 Å². The summed E-state index contributed by atoms with van der Waals surface area (Å²) in [6.45, 7) is 1.14. The van der Waals surface area contributed by atoms with Gasteiger partial charge in [0.1, 0.15) is 5.75 Å². The van der Waals surface area contributed by atoms with Crippen LogP contribution in [0.1, 0.15) is 12.0 Å². The van der Waals surface area contributed by atoms with Crippen molar-refractivity contribution in [2.24, 2.45) is 7.05 Å². The Hall–Kier alpha value is -2.48. The van der Waals surface area contributed by atoms with Crippen LogP contribution in [0.4, 0.5) is 5.95 Å². The molecule has 0 radical (unpaired) electrons. The summed E-state index contributed by atoms with van der Waals surface area (Å²) in [5, 5.41) is 13.4. The van der Waals surface area contributed by atoms with Crippen molar-refractivity contribution in [2.45, 2.75) is 13.0 Å². The van der Waals surface area contributed by atoms with E-state index >= 15 is 0 Å². The van der Waals surface area contributed by atoms with Crippen LogP contribution in [0.5, 0.6) is 5.75 Å². The standard InChI is InChI=1S/C14H20N6O2/c1-19(2)10-11-5-4-6-12(9-11)22-8-7-13(21)15-14-16-17-18-20(14)3/h4-6,9H,7-8,10H2,1-3H3,(H,15,16,18,21). The van der Waals surface area contributed by atoms with Crippen molar-refractivity contribution in [3.63, 3.8) is 0 Å². The smallest absolute Gasteiger partial charge is 0.249 e. The third-order valence-electron chi connectivity index (χ3n) is 2.87. The lowest BCUT2D eigenvalue weighted by Gasteiger charge is -2.11. The zero-order valence-corrected chi connectivity index (χ0v) is 13.0. The maximum absolute atomic E-state index is 11.8. The van der Waals surface area contributed by atoms with E-state index < -0.39 is 0 Å². The van der Waals surface area contributed by atoms with Gasteiger partial charge < -0.3 is 9.64 Å². The van der Waals surface area contributed by atoms with E-state index in [-0.39, 0.29) is 12.3 Å². The number of carbonyl (C=O) groups is 1. The molecule has 0 saturated heterocycles. The van der Waals surface area contributed by atoms with Crippen molar-refractivity contribution in [3.8, 4) is 5.75 Å². The van der Waals surface area contributed by atoms with Gasteiger partial charge in [-0.3, -0.25) is 10.1 Å². The number of anilines is 1. The first-order chi connectivity index (χ1) is 10.5. The molecule has 22 heavy (non-hydrogen) atoms. The molecule has 0 aliphatic rings. The van der Waals surface area contributed by atoms with Crippen molar-refractivity contribution in [1.82, 2.24) is 25.1 Å². The Morgan fingerprint density at radius 1 is 1.41 bits per heavy atom. The minimum absolute atomic E-state index is 0.192. The van der Waals surface area contributed by atoms with Crippen LogP contribution >= 0.6 is 0 Å². The lowest BCUT2D eigenvalue weighted by molar-refractivity contribution is -0.116. The summed E-state index contributed by atoms with van der Waals surface area (Å²) in [7, 11) is 5.68. The second-order valence-corrected chi connectivity index (χ2v) is 5.16. The number of nitrogens with zero attached hydrogens (tertiary/aromatic N) is 5. The fourth-order valence-electron chi connectivity index (χ4n) is 1.88. The molecule has 0 aliphatic heterocycles. The average Bonchev–Trinajstić information content (AvgIpc) is 2.84. The number of tetrazole rings is 1. The van der Waals surface area contributed by atoms with E-state index in [0.717, 1.165) is 17.9 Å². The van der Waals surface area contributed by atoms with E-state index in [9.17, 15) is 4.79 Å². The number of carbonyl (C=O) groups excluding carboxylic acids is 1. The number of aryl methyl sites for hydroxylation is 1. The maximum Gasteiger partial charge on any atom is 0.249 e. The SMILES string of the molecule is CN(C)Cc1cccc(OCCC(=O)Nc2nnnn2C)c1. The van der Waals surface area contributed by atoms with Gasteiger partial charge in [-0.2, -0.15) is 0 Å². The summed E-state index contributed by atoms with van der Waals surface area (Å²) in [6, 6.07) is 7.84. The summed E-state index contributed by atoms with van der Waals surface area (Å²) in [5.74, 6) is 0.882. The Morgan fingerprint density at radius 2 is 2.23 bits per heavy atom. The Bertz CT molecular complexity index is 625. The molecule has 2 rings (SSSR count). The second-order valence-electron chi connectivity index (χ2n) is 5.16. The van der Waals surface area contributed by atoms with Crippen LogP contribution in [0.15, 0.2) is 24.3 Å². The van der Waals surface area contributed by atoms with Crippen LogP contribution in [0.2, 0.25) is 0 Å². The number of nitrogens with one attached hydrogen (secondary N) is 1. The summed E-state index contributed by atoms with van der Waals surface area (Å²) in [4.78, 5) is 13.8. The number of amides is 1. The molecule has 0 spiro atoms. The van der Waals surface area contributed by atoms with E-state index in [1.54, 1.807) is 7.05 Å². The number of benzene rings is 1. The summed E-state index contributed by atoms with van der Waals surface area (Å²) < 4.78 is 7.00. The molecule has 0 saturated carbocycles. The van der Waals surface area contributed by atoms with Gasteiger partial charge in [-0.15, -0.1) is 0 Å². The second kappa shape index (κ2) is 7.51. The highest BCUT2D eigenvalue weighted by atomic mass is 16.5. The first kappa shape index (κ1) is 15.9. The van der Waals surface area contributed by atoms with Crippen molar-refractivity contribution in [3.05, 3.63) is 29.8 Å². The quantitative estimate of drug-likeness (QED) is 0.809. The third-order valence-corrected chi connectivity index (χ3v) is 2.87. The summed E-state index contributed by atoms with van der Waals surface area (Å²) >= 11 is 0. The van der Waals surface area contributed by atoms with Gasteiger partial charge in [0.2, 0.25) is 11.9 Å². The van der Waals surface area contributed by atoms with Gasteiger partial charge in [0.15, 0.2) is 0 Å². The molecule has 0 fully saturated rings. The molecular weight excluding hydrogens is 284 g/mol. The molecule has 1 heterocycles. The fraction of sp³-hybridized carbons (Fsp3) is 0.429. The molecular formula is C14H20N6O2. The van der Waals surface area contributed by atoms with Crippen LogP contribution in [-0.2, 0) is 18.4 Å². The lowest BCUT2D eigenvalue weighted by atomic mass is 10.2. The Morgan fingerprint density at radius 3 is 2.91 bits per heavy atom. The van der Waals surface area contributed by atoms with Gasteiger partial charge >= 0.3 is 0 Å². The summed E-state index contributed by atoms with van der Waals surface area (Å²) in [6.07, 6.45) is 0.227. The Labute approximate surface area is 129 Å². The monoisotopic (exact) mass is 304 g/mol. The number of hydrogen-bond acceptors (Lipinski definition) is 6. The van der Waals surface area contributed by atoms with Crippen LogP contribution in [0.25, 0.3) is 0 Å². The molecule has 0 aliphatic carbocycles. The minimum Gasteiger partial charge on any atom is -0.493 e. The van der Waals surface area contributed by atoms with Crippen molar-refractivity contribution >= 4 is 11.9 Å². The van der Waals surface area contributed by atoms with E-state index in [4.69, 9.17) is 4.74 Å².